The lowest BCUT2D eigenvalue weighted by atomic mass is 10.0. The zero-order chi connectivity index (χ0) is 20.7. The van der Waals surface area contributed by atoms with Crippen LogP contribution in [0.15, 0.2) is 46.2 Å². The predicted molar refractivity (Wildman–Crippen MR) is 104 cm³/mol. The number of hydrogen-bond acceptors (Lipinski definition) is 5. The Bertz CT molecular complexity index is 1250. The van der Waals surface area contributed by atoms with E-state index in [0.29, 0.717) is 11.1 Å². The summed E-state index contributed by atoms with van der Waals surface area (Å²) >= 11 is 6.39. The van der Waals surface area contributed by atoms with E-state index >= 15 is 0 Å². The molecule has 4 rings (SSSR count). The first-order valence-electron chi connectivity index (χ1n) is 8.01. The summed E-state index contributed by atoms with van der Waals surface area (Å²) in [6.45, 7) is 0. The van der Waals surface area contributed by atoms with E-state index in [1.54, 1.807) is 24.3 Å². The molecule has 0 spiro atoms. The number of hydrogen-bond donors (Lipinski definition) is 2. The molecule has 2 N–H and O–H groups in total. The van der Waals surface area contributed by atoms with Gasteiger partial charge in [0.25, 0.3) is 5.89 Å². The molecule has 29 heavy (non-hydrogen) atoms. The maximum Gasteiger partial charge on any atom is 0.339 e. The Labute approximate surface area is 170 Å². The number of nitrogens with one attached hydrogen (secondary N) is 1. The van der Waals surface area contributed by atoms with Crippen molar-refractivity contribution in [1.29, 1.82) is 0 Å². The highest BCUT2D eigenvalue weighted by Crippen LogP contribution is 2.38. The van der Waals surface area contributed by atoms with Crippen molar-refractivity contribution >= 4 is 50.9 Å². The van der Waals surface area contributed by atoms with Crippen molar-refractivity contribution in [2.45, 2.75) is 0 Å². The molecule has 0 radical (unpaired) electrons. The number of carbonyl (C=O) groups is 2. The average Bonchev–Trinajstić information content (AvgIpc) is 3.28. The molecule has 0 saturated heterocycles. The van der Waals surface area contributed by atoms with Crippen LogP contribution in [0.25, 0.3) is 22.2 Å². The molecular weight excluding hydrogens is 426 g/mol. The van der Waals surface area contributed by atoms with Crippen LogP contribution in [0.4, 0.5) is 13.8 Å². The summed E-state index contributed by atoms with van der Waals surface area (Å²) in [5.41, 5.74) is 0.0785. The quantitative estimate of drug-likeness (QED) is 0.417. The highest BCUT2D eigenvalue weighted by Gasteiger charge is 2.25. The Balaban J connectivity index is 1.73. The van der Waals surface area contributed by atoms with Gasteiger partial charge in [-0.25, -0.2) is 18.6 Å². The molecule has 2 heterocycles. The van der Waals surface area contributed by atoms with Crippen molar-refractivity contribution in [3.05, 3.63) is 69.9 Å². The van der Waals surface area contributed by atoms with Crippen molar-refractivity contribution in [2.75, 3.05) is 5.32 Å². The van der Waals surface area contributed by atoms with Crippen LogP contribution in [0, 0.1) is 11.6 Å². The minimum absolute atomic E-state index is 0.0745. The molecule has 0 unspecified atom stereocenters. The highest BCUT2D eigenvalue weighted by molar-refractivity contribution is 7.15. The molecule has 2 aromatic heterocycles. The Morgan fingerprint density at radius 3 is 2.62 bits per heavy atom. The molecule has 0 atom stereocenters. The maximum absolute atomic E-state index is 14.3. The van der Waals surface area contributed by atoms with Crippen LogP contribution in [-0.4, -0.2) is 22.0 Å². The Hall–Kier alpha value is -3.30. The Kier molecular flexibility index (Phi) is 4.77. The lowest BCUT2D eigenvalue weighted by Gasteiger charge is -2.06. The summed E-state index contributed by atoms with van der Waals surface area (Å²) in [5.74, 6) is -4.26. The van der Waals surface area contributed by atoms with Gasteiger partial charge in [-0.1, -0.05) is 23.7 Å². The molecule has 1 amide bonds. The first kappa shape index (κ1) is 19.0. The van der Waals surface area contributed by atoms with Crippen LogP contribution in [0.2, 0.25) is 5.02 Å². The third-order valence-corrected chi connectivity index (χ3v) is 5.21. The number of amides is 1. The number of para-hydroxylation sites is 2. The van der Waals surface area contributed by atoms with Gasteiger partial charge in [-0.05, 0) is 24.3 Å². The second kappa shape index (κ2) is 7.26. The number of aromatic nitrogens is 1. The van der Waals surface area contributed by atoms with Crippen molar-refractivity contribution in [3.63, 3.8) is 0 Å². The van der Waals surface area contributed by atoms with Gasteiger partial charge < -0.3 is 14.8 Å². The molecule has 0 bridgehead atoms. The smallest absolute Gasteiger partial charge is 0.339 e. The minimum atomic E-state index is -1.43. The van der Waals surface area contributed by atoms with Crippen LogP contribution in [0.3, 0.4) is 0 Å². The zero-order valence-electron chi connectivity index (χ0n) is 14.2. The number of thiophene rings is 1. The van der Waals surface area contributed by atoms with Crippen molar-refractivity contribution in [3.8, 4) is 11.1 Å². The third-order valence-electron chi connectivity index (χ3n) is 4.02. The first-order valence-corrected chi connectivity index (χ1v) is 9.27. The summed E-state index contributed by atoms with van der Waals surface area (Å²) in [5, 5.41) is 12.8. The number of carbonyl (C=O) groups excluding carboxylic acids is 1. The van der Waals surface area contributed by atoms with Gasteiger partial charge in [0.2, 0.25) is 0 Å². The second-order valence-corrected chi connectivity index (χ2v) is 7.13. The van der Waals surface area contributed by atoms with Crippen LogP contribution in [-0.2, 0) is 0 Å². The largest absolute Gasteiger partial charge is 0.478 e. The Morgan fingerprint density at radius 2 is 1.90 bits per heavy atom. The summed E-state index contributed by atoms with van der Waals surface area (Å²) in [6.07, 6.45) is 0. The van der Waals surface area contributed by atoms with Crippen LogP contribution in [0.5, 0.6) is 0 Å². The standard InChI is InChI=1S/C19H9ClF2N2O4S/c20-10-6-11(21)8(5-12(10)22)9-7-29-18(15(9)19(26)27)24-16(25)17-23-13-3-1-2-4-14(13)28-17/h1-7H,(H,24,25)(H,26,27). The van der Waals surface area contributed by atoms with Gasteiger partial charge in [0, 0.05) is 16.5 Å². The number of carboxylic acid groups (broad SMARTS) is 1. The summed E-state index contributed by atoms with van der Waals surface area (Å²) in [6, 6.07) is 8.27. The molecule has 10 heteroatoms. The average molecular weight is 435 g/mol. The van der Waals surface area contributed by atoms with E-state index in [0.717, 1.165) is 23.5 Å². The zero-order valence-corrected chi connectivity index (χ0v) is 15.8. The monoisotopic (exact) mass is 434 g/mol. The number of carboxylic acids is 1. The minimum Gasteiger partial charge on any atom is -0.478 e. The fourth-order valence-corrected chi connectivity index (χ4v) is 3.81. The number of rotatable bonds is 4. The lowest BCUT2D eigenvalue weighted by Crippen LogP contribution is -2.14. The van der Waals surface area contributed by atoms with E-state index in [4.69, 9.17) is 16.0 Å². The third kappa shape index (κ3) is 3.45. The number of benzene rings is 2. The topological polar surface area (TPSA) is 92.4 Å². The molecule has 146 valence electrons. The van der Waals surface area contributed by atoms with Crippen LogP contribution >= 0.6 is 22.9 Å². The number of oxazole rings is 1. The van der Waals surface area contributed by atoms with Crippen molar-refractivity contribution in [1.82, 2.24) is 4.98 Å². The van der Waals surface area contributed by atoms with Gasteiger partial charge >= 0.3 is 11.9 Å². The maximum atomic E-state index is 14.3. The van der Waals surface area contributed by atoms with E-state index in [1.165, 1.54) is 5.38 Å². The Morgan fingerprint density at radius 1 is 1.14 bits per heavy atom. The highest BCUT2D eigenvalue weighted by atomic mass is 35.5. The fraction of sp³-hybridized carbons (Fsp3) is 0. The summed E-state index contributed by atoms with van der Waals surface area (Å²) in [4.78, 5) is 28.3. The molecule has 0 aliphatic heterocycles. The fourth-order valence-electron chi connectivity index (χ4n) is 2.72. The van der Waals surface area contributed by atoms with E-state index < -0.39 is 28.5 Å². The van der Waals surface area contributed by atoms with Crippen molar-refractivity contribution in [2.24, 2.45) is 0 Å². The number of aromatic carboxylic acids is 1. The normalized spacial score (nSPS) is 11.0. The van der Waals surface area contributed by atoms with Gasteiger partial charge in [-0.2, -0.15) is 0 Å². The summed E-state index contributed by atoms with van der Waals surface area (Å²) in [7, 11) is 0. The van der Waals surface area contributed by atoms with Gasteiger partial charge in [0.1, 0.15) is 27.7 Å². The molecular formula is C19H9ClF2N2O4S. The van der Waals surface area contributed by atoms with Gasteiger partial charge in [-0.3, -0.25) is 4.79 Å². The van der Waals surface area contributed by atoms with E-state index in [-0.39, 0.29) is 27.6 Å². The van der Waals surface area contributed by atoms with E-state index in [2.05, 4.69) is 10.3 Å². The molecule has 6 nitrogen and oxygen atoms in total. The molecule has 4 aromatic rings. The molecule has 0 fully saturated rings. The molecule has 0 aliphatic rings. The van der Waals surface area contributed by atoms with Crippen molar-refractivity contribution < 1.29 is 27.9 Å². The first-order chi connectivity index (χ1) is 13.8. The number of halogens is 3. The van der Waals surface area contributed by atoms with E-state index in [1.807, 2.05) is 0 Å². The molecule has 2 aromatic carbocycles. The van der Waals surface area contributed by atoms with E-state index in [9.17, 15) is 23.5 Å². The number of anilines is 1. The van der Waals surface area contributed by atoms with Crippen LogP contribution < -0.4 is 5.32 Å². The van der Waals surface area contributed by atoms with Gasteiger partial charge in [-0.15, -0.1) is 11.3 Å². The number of fused-ring (bicyclic) bond motifs is 1. The summed E-state index contributed by atoms with van der Waals surface area (Å²) < 4.78 is 33.4. The number of nitrogens with zero attached hydrogens (tertiary/aromatic N) is 1. The SMILES string of the molecule is O=C(Nc1scc(-c2cc(F)c(Cl)cc2F)c1C(=O)O)c1nc2ccccc2o1. The van der Waals surface area contributed by atoms with Gasteiger partial charge in [0.15, 0.2) is 5.58 Å². The second-order valence-electron chi connectivity index (χ2n) is 5.85. The lowest BCUT2D eigenvalue weighted by molar-refractivity contribution is 0.0699. The molecule has 0 aliphatic carbocycles. The van der Waals surface area contributed by atoms with Gasteiger partial charge in [0.05, 0.1) is 5.02 Å². The molecule has 0 saturated carbocycles. The van der Waals surface area contributed by atoms with Crippen LogP contribution in [0.1, 0.15) is 21.0 Å². The predicted octanol–water partition coefficient (Wildman–Crippen LogP) is 5.44.